The van der Waals surface area contributed by atoms with E-state index < -0.39 is 17.5 Å². The highest BCUT2D eigenvalue weighted by molar-refractivity contribution is 7.19. The number of aliphatic hydroxyl groups is 1. The van der Waals surface area contributed by atoms with Crippen LogP contribution in [0.1, 0.15) is 21.1 Å². The molecular weight excluding hydrogens is 434 g/mol. The largest absolute Gasteiger partial charge is 0.400 e. The molecule has 1 aromatic carbocycles. The maximum atomic E-state index is 13.9. The van der Waals surface area contributed by atoms with E-state index in [1.165, 1.54) is 0 Å². The molecule has 2 N–H and O–H groups in total. The number of aliphatic hydroxyl groups excluding tert-OH is 1. The quantitative estimate of drug-likeness (QED) is 0.487. The number of pyridine rings is 1. The minimum atomic E-state index is -0.595. The number of nitrogens with one attached hydrogen (secondary N) is 1. The Morgan fingerprint density at radius 3 is 2.53 bits per heavy atom. The fraction of sp³-hybridized carbons (Fsp3) is 0.150. The number of thiophene rings is 1. The standard InChI is InChI=1S/C19H13ClF2N4OS.CH4O/c1-10-8-26(9-25-10)11-2-5-14(23-6-11)19(27)24-7-15-17(20)16-12(21)3-4-13(22)18(16)28-15;1-2/h2-6,8-9H,7H2,1H3,(H,24,27);2H,1H3. The lowest BCUT2D eigenvalue weighted by molar-refractivity contribution is 0.0946. The molecule has 0 fully saturated rings. The van der Waals surface area contributed by atoms with E-state index >= 15 is 0 Å². The summed E-state index contributed by atoms with van der Waals surface area (Å²) in [7, 11) is 1.00. The molecular formula is C20H17ClF2N4O2S. The smallest absolute Gasteiger partial charge is 0.270 e. The Balaban J connectivity index is 0.00000124. The molecule has 4 aromatic rings. The van der Waals surface area contributed by atoms with Gasteiger partial charge in [-0.25, -0.2) is 18.7 Å². The molecule has 0 aliphatic heterocycles. The zero-order valence-electron chi connectivity index (χ0n) is 16.0. The van der Waals surface area contributed by atoms with Gasteiger partial charge in [-0.1, -0.05) is 11.6 Å². The Bertz CT molecular complexity index is 1190. The number of rotatable bonds is 4. The van der Waals surface area contributed by atoms with Crippen molar-refractivity contribution in [2.45, 2.75) is 13.5 Å². The van der Waals surface area contributed by atoms with Crippen molar-refractivity contribution < 1.29 is 18.7 Å². The lowest BCUT2D eigenvalue weighted by atomic mass is 10.2. The van der Waals surface area contributed by atoms with E-state index in [0.717, 1.165) is 42.0 Å². The van der Waals surface area contributed by atoms with Crippen LogP contribution in [0.3, 0.4) is 0 Å². The number of carbonyl (C=O) groups excluding carboxylic acids is 1. The maximum absolute atomic E-state index is 13.9. The fourth-order valence-corrected chi connectivity index (χ4v) is 4.22. The first-order chi connectivity index (χ1) is 14.4. The van der Waals surface area contributed by atoms with Crippen molar-refractivity contribution >= 4 is 38.9 Å². The van der Waals surface area contributed by atoms with E-state index in [1.807, 2.05) is 13.1 Å². The number of hydrogen-bond donors (Lipinski definition) is 2. The molecule has 0 radical (unpaired) electrons. The van der Waals surface area contributed by atoms with Crippen molar-refractivity contribution in [2.75, 3.05) is 7.11 Å². The first-order valence-electron chi connectivity index (χ1n) is 8.69. The van der Waals surface area contributed by atoms with Gasteiger partial charge in [0.05, 0.1) is 45.6 Å². The van der Waals surface area contributed by atoms with Crippen molar-refractivity contribution in [3.63, 3.8) is 0 Å². The molecule has 10 heteroatoms. The number of nitrogens with zero attached hydrogens (tertiary/aromatic N) is 3. The third-order valence-corrected chi connectivity index (χ3v) is 5.88. The SMILES string of the molecule is CO.Cc1cn(-c2ccc(C(=O)NCc3sc4c(F)ccc(F)c4c3Cl)nc2)cn1. The highest BCUT2D eigenvalue weighted by atomic mass is 35.5. The number of aryl methyl sites for hydroxylation is 1. The number of carbonyl (C=O) groups is 1. The van der Waals surface area contributed by atoms with Gasteiger partial charge in [-0.15, -0.1) is 11.3 Å². The molecule has 0 aliphatic rings. The lowest BCUT2D eigenvalue weighted by Crippen LogP contribution is -2.23. The number of fused-ring (bicyclic) bond motifs is 1. The second-order valence-electron chi connectivity index (χ2n) is 6.08. The Morgan fingerprint density at radius 2 is 1.93 bits per heavy atom. The number of imidazole rings is 1. The summed E-state index contributed by atoms with van der Waals surface area (Å²) in [6, 6.07) is 5.43. The van der Waals surface area contributed by atoms with Gasteiger partial charge in [0.25, 0.3) is 5.91 Å². The highest BCUT2D eigenvalue weighted by Gasteiger charge is 2.18. The van der Waals surface area contributed by atoms with Gasteiger partial charge in [-0.2, -0.15) is 0 Å². The minimum Gasteiger partial charge on any atom is -0.400 e. The topological polar surface area (TPSA) is 80.0 Å². The van der Waals surface area contributed by atoms with Crippen LogP contribution in [0.4, 0.5) is 8.78 Å². The summed E-state index contributed by atoms with van der Waals surface area (Å²) in [5.74, 6) is -1.56. The number of amides is 1. The Morgan fingerprint density at radius 1 is 1.20 bits per heavy atom. The van der Waals surface area contributed by atoms with Crippen LogP contribution in [0, 0.1) is 18.6 Å². The highest BCUT2D eigenvalue weighted by Crippen LogP contribution is 2.38. The molecule has 0 unspecified atom stereocenters. The van der Waals surface area contributed by atoms with E-state index in [-0.39, 0.29) is 27.3 Å². The first kappa shape index (κ1) is 21.8. The maximum Gasteiger partial charge on any atom is 0.270 e. The van der Waals surface area contributed by atoms with E-state index in [1.54, 1.807) is 29.2 Å². The van der Waals surface area contributed by atoms with Gasteiger partial charge in [0, 0.05) is 18.2 Å². The summed E-state index contributed by atoms with van der Waals surface area (Å²) < 4.78 is 29.7. The number of halogens is 3. The second-order valence-corrected chi connectivity index (χ2v) is 7.56. The molecule has 1 amide bonds. The van der Waals surface area contributed by atoms with E-state index in [2.05, 4.69) is 15.3 Å². The van der Waals surface area contributed by atoms with Gasteiger partial charge in [-0.3, -0.25) is 4.79 Å². The molecule has 4 rings (SSSR count). The van der Waals surface area contributed by atoms with Crippen LogP contribution in [0.5, 0.6) is 0 Å². The molecule has 3 heterocycles. The van der Waals surface area contributed by atoms with Crippen molar-refractivity contribution in [3.05, 3.63) is 75.9 Å². The third-order valence-electron chi connectivity index (χ3n) is 4.15. The summed E-state index contributed by atoms with van der Waals surface area (Å²) in [5.41, 5.74) is 1.86. The van der Waals surface area contributed by atoms with Crippen LogP contribution in [-0.4, -0.2) is 32.7 Å². The average Bonchev–Trinajstić information content (AvgIpc) is 3.35. The van der Waals surface area contributed by atoms with E-state index in [9.17, 15) is 13.6 Å². The van der Waals surface area contributed by atoms with Gasteiger partial charge in [0.15, 0.2) is 0 Å². The van der Waals surface area contributed by atoms with Crippen molar-refractivity contribution in [1.82, 2.24) is 19.9 Å². The Kier molecular flexibility index (Phi) is 6.76. The summed E-state index contributed by atoms with van der Waals surface area (Å²) in [6.45, 7) is 1.92. The first-order valence-corrected chi connectivity index (χ1v) is 9.88. The van der Waals surface area contributed by atoms with Gasteiger partial charge < -0.3 is 15.0 Å². The van der Waals surface area contributed by atoms with Gasteiger partial charge >= 0.3 is 0 Å². The molecule has 0 saturated carbocycles. The predicted molar refractivity (Wildman–Crippen MR) is 112 cm³/mol. The zero-order valence-corrected chi connectivity index (χ0v) is 17.6. The zero-order chi connectivity index (χ0) is 21.8. The molecule has 156 valence electrons. The third kappa shape index (κ3) is 4.33. The van der Waals surface area contributed by atoms with Crippen molar-refractivity contribution in [1.29, 1.82) is 0 Å². The average molecular weight is 451 g/mol. The summed E-state index contributed by atoms with van der Waals surface area (Å²) in [6.07, 6.45) is 5.07. The van der Waals surface area contributed by atoms with Crippen LogP contribution < -0.4 is 5.32 Å². The normalized spacial score (nSPS) is 10.6. The van der Waals surface area contributed by atoms with Gasteiger partial charge in [0.1, 0.15) is 17.3 Å². The molecule has 30 heavy (non-hydrogen) atoms. The summed E-state index contributed by atoms with van der Waals surface area (Å²) >= 11 is 7.19. The minimum absolute atomic E-state index is 0.0361. The number of benzene rings is 1. The Labute approximate surface area is 179 Å². The summed E-state index contributed by atoms with van der Waals surface area (Å²) in [4.78, 5) is 21.1. The monoisotopic (exact) mass is 450 g/mol. The molecule has 6 nitrogen and oxygen atoms in total. The van der Waals surface area contributed by atoms with E-state index in [0.29, 0.717) is 4.88 Å². The number of hydrogen-bond acceptors (Lipinski definition) is 5. The Hall–Kier alpha value is -2.88. The second kappa shape index (κ2) is 9.29. The summed E-state index contributed by atoms with van der Waals surface area (Å²) in [5, 5.41) is 9.82. The number of aromatic nitrogens is 3. The molecule has 0 saturated heterocycles. The molecule has 0 atom stereocenters. The molecule has 0 bridgehead atoms. The van der Waals surface area contributed by atoms with Crippen LogP contribution >= 0.6 is 22.9 Å². The molecule has 0 spiro atoms. The predicted octanol–water partition coefficient (Wildman–Crippen LogP) is 4.26. The van der Waals surface area contributed by atoms with Crippen LogP contribution in [0.2, 0.25) is 5.02 Å². The van der Waals surface area contributed by atoms with E-state index in [4.69, 9.17) is 16.7 Å². The van der Waals surface area contributed by atoms with Gasteiger partial charge in [0.2, 0.25) is 0 Å². The lowest BCUT2D eigenvalue weighted by Gasteiger charge is -2.05. The molecule has 0 aliphatic carbocycles. The molecule has 3 aromatic heterocycles. The van der Waals surface area contributed by atoms with Crippen LogP contribution in [0.25, 0.3) is 15.8 Å². The van der Waals surface area contributed by atoms with Crippen molar-refractivity contribution in [3.8, 4) is 5.69 Å². The fourth-order valence-electron chi connectivity index (χ4n) is 2.75. The van der Waals surface area contributed by atoms with Crippen LogP contribution in [0.15, 0.2) is 43.0 Å². The van der Waals surface area contributed by atoms with Crippen LogP contribution in [-0.2, 0) is 6.54 Å². The van der Waals surface area contributed by atoms with Gasteiger partial charge in [-0.05, 0) is 31.2 Å². The van der Waals surface area contributed by atoms with Crippen molar-refractivity contribution in [2.24, 2.45) is 0 Å².